The number of nitrogens with one attached hydrogen (secondary N) is 1. The summed E-state index contributed by atoms with van der Waals surface area (Å²) >= 11 is 0. The van der Waals surface area contributed by atoms with E-state index in [1.54, 1.807) is 7.11 Å². The van der Waals surface area contributed by atoms with Crippen molar-refractivity contribution >= 4 is 0 Å². The molecule has 1 saturated heterocycles. The minimum atomic E-state index is 0.122. The monoisotopic (exact) mass is 269 g/mol. The summed E-state index contributed by atoms with van der Waals surface area (Å²) in [6.45, 7) is 2.55. The third kappa shape index (κ3) is 2.69. The van der Waals surface area contributed by atoms with Gasteiger partial charge in [-0.25, -0.2) is 0 Å². The Kier molecular flexibility index (Phi) is 4.00. The molecule has 0 saturated carbocycles. The van der Waals surface area contributed by atoms with Crippen LogP contribution in [0.25, 0.3) is 11.1 Å². The summed E-state index contributed by atoms with van der Waals surface area (Å²) in [5.41, 5.74) is 3.46. The molecular weight excluding hydrogens is 250 g/mol. The molecule has 3 nitrogen and oxygen atoms in total. The van der Waals surface area contributed by atoms with E-state index in [2.05, 4.69) is 29.6 Å². The van der Waals surface area contributed by atoms with Crippen molar-refractivity contribution in [1.82, 2.24) is 5.32 Å². The lowest BCUT2D eigenvalue weighted by Gasteiger charge is -2.24. The molecule has 0 spiro atoms. The van der Waals surface area contributed by atoms with Gasteiger partial charge in [-0.1, -0.05) is 36.4 Å². The zero-order chi connectivity index (χ0) is 13.8. The van der Waals surface area contributed by atoms with E-state index in [-0.39, 0.29) is 6.10 Å². The number of ether oxygens (including phenoxy) is 2. The van der Waals surface area contributed by atoms with Crippen LogP contribution in [0.1, 0.15) is 11.7 Å². The largest absolute Gasteiger partial charge is 0.496 e. The van der Waals surface area contributed by atoms with Gasteiger partial charge in [-0.15, -0.1) is 0 Å². The van der Waals surface area contributed by atoms with Crippen molar-refractivity contribution in [2.75, 3.05) is 26.8 Å². The molecule has 3 heteroatoms. The molecule has 1 fully saturated rings. The smallest absolute Gasteiger partial charge is 0.126 e. The van der Waals surface area contributed by atoms with Crippen molar-refractivity contribution in [3.63, 3.8) is 0 Å². The third-order valence-electron chi connectivity index (χ3n) is 3.61. The number of hydrogen-bond acceptors (Lipinski definition) is 3. The number of rotatable bonds is 3. The Labute approximate surface area is 119 Å². The fourth-order valence-electron chi connectivity index (χ4n) is 2.55. The summed E-state index contributed by atoms with van der Waals surface area (Å²) in [7, 11) is 1.71. The first-order valence-corrected chi connectivity index (χ1v) is 6.94. The summed E-state index contributed by atoms with van der Waals surface area (Å²) in [6, 6.07) is 16.6. The lowest BCUT2D eigenvalue weighted by molar-refractivity contribution is 0.0277. The van der Waals surface area contributed by atoms with Gasteiger partial charge in [0.25, 0.3) is 0 Å². The maximum absolute atomic E-state index is 5.83. The molecule has 20 heavy (non-hydrogen) atoms. The molecule has 0 bridgehead atoms. The van der Waals surface area contributed by atoms with Crippen LogP contribution in [0.15, 0.2) is 48.5 Å². The Balaban J connectivity index is 1.98. The Hall–Kier alpha value is -1.84. The molecule has 3 rings (SSSR count). The van der Waals surface area contributed by atoms with Crippen LogP contribution in [0.4, 0.5) is 0 Å². The second kappa shape index (κ2) is 6.07. The van der Waals surface area contributed by atoms with Crippen molar-refractivity contribution in [3.05, 3.63) is 54.1 Å². The van der Waals surface area contributed by atoms with Crippen LogP contribution in [0.5, 0.6) is 5.75 Å². The number of morpholine rings is 1. The van der Waals surface area contributed by atoms with E-state index in [4.69, 9.17) is 9.47 Å². The molecule has 1 N–H and O–H groups in total. The first kappa shape index (κ1) is 13.2. The first-order valence-electron chi connectivity index (χ1n) is 6.94. The van der Waals surface area contributed by atoms with Crippen molar-refractivity contribution in [3.8, 4) is 16.9 Å². The molecule has 0 aromatic heterocycles. The van der Waals surface area contributed by atoms with E-state index < -0.39 is 0 Å². The lowest BCUT2D eigenvalue weighted by Crippen LogP contribution is -2.33. The lowest BCUT2D eigenvalue weighted by atomic mass is 9.99. The van der Waals surface area contributed by atoms with Crippen molar-refractivity contribution in [1.29, 1.82) is 0 Å². The summed E-state index contributed by atoms with van der Waals surface area (Å²) in [5, 5.41) is 3.36. The first-order chi connectivity index (χ1) is 9.88. The number of methoxy groups -OCH3 is 1. The molecule has 1 aliphatic heterocycles. The van der Waals surface area contributed by atoms with Gasteiger partial charge in [0.1, 0.15) is 5.75 Å². The Morgan fingerprint density at radius 1 is 1.15 bits per heavy atom. The highest BCUT2D eigenvalue weighted by Crippen LogP contribution is 2.33. The van der Waals surface area contributed by atoms with Crippen LogP contribution in [-0.2, 0) is 4.74 Å². The van der Waals surface area contributed by atoms with Gasteiger partial charge in [0.05, 0.1) is 19.8 Å². The zero-order valence-electron chi connectivity index (χ0n) is 11.6. The van der Waals surface area contributed by atoms with Gasteiger partial charge in [0.2, 0.25) is 0 Å². The highest BCUT2D eigenvalue weighted by molar-refractivity contribution is 5.71. The zero-order valence-corrected chi connectivity index (χ0v) is 11.6. The van der Waals surface area contributed by atoms with Gasteiger partial charge in [0, 0.05) is 18.7 Å². The Morgan fingerprint density at radius 3 is 2.70 bits per heavy atom. The minimum absolute atomic E-state index is 0.122. The summed E-state index contributed by atoms with van der Waals surface area (Å²) in [4.78, 5) is 0. The average molecular weight is 269 g/mol. The van der Waals surface area contributed by atoms with E-state index >= 15 is 0 Å². The van der Waals surface area contributed by atoms with Gasteiger partial charge in [-0.05, 0) is 23.3 Å². The van der Waals surface area contributed by atoms with Crippen molar-refractivity contribution in [2.45, 2.75) is 6.10 Å². The molecular formula is C17H19NO2. The fraction of sp³-hybridized carbons (Fsp3) is 0.294. The second-order valence-electron chi connectivity index (χ2n) is 4.89. The molecule has 1 unspecified atom stereocenters. The van der Waals surface area contributed by atoms with Crippen LogP contribution in [0, 0.1) is 0 Å². The predicted molar refractivity (Wildman–Crippen MR) is 80.0 cm³/mol. The Bertz CT molecular complexity index is 562. The number of hydrogen-bond donors (Lipinski definition) is 1. The standard InChI is InChI=1S/C17H19NO2/c1-19-16-8-7-14(17-12-18-9-10-20-17)11-15(16)13-5-3-2-4-6-13/h2-8,11,17-18H,9-10,12H2,1H3. The van der Waals surface area contributed by atoms with Crippen LogP contribution >= 0.6 is 0 Å². The summed E-state index contributed by atoms with van der Waals surface area (Å²) in [6.07, 6.45) is 0.122. The topological polar surface area (TPSA) is 30.5 Å². The van der Waals surface area contributed by atoms with E-state index in [0.29, 0.717) is 0 Å². The van der Waals surface area contributed by atoms with Gasteiger partial charge in [0.15, 0.2) is 0 Å². The van der Waals surface area contributed by atoms with Gasteiger partial charge < -0.3 is 14.8 Å². The van der Waals surface area contributed by atoms with Gasteiger partial charge >= 0.3 is 0 Å². The van der Waals surface area contributed by atoms with Crippen LogP contribution in [0.2, 0.25) is 0 Å². The maximum atomic E-state index is 5.83. The predicted octanol–water partition coefficient (Wildman–Crippen LogP) is 3.02. The Morgan fingerprint density at radius 2 is 2.00 bits per heavy atom. The summed E-state index contributed by atoms with van der Waals surface area (Å²) in [5.74, 6) is 0.892. The van der Waals surface area contributed by atoms with E-state index in [1.807, 2.05) is 24.3 Å². The van der Waals surface area contributed by atoms with Crippen LogP contribution < -0.4 is 10.1 Å². The van der Waals surface area contributed by atoms with Crippen molar-refractivity contribution in [2.24, 2.45) is 0 Å². The molecule has 0 aliphatic carbocycles. The van der Waals surface area contributed by atoms with Gasteiger partial charge in [-0.3, -0.25) is 0 Å². The third-order valence-corrected chi connectivity index (χ3v) is 3.61. The molecule has 104 valence electrons. The quantitative estimate of drug-likeness (QED) is 0.929. The molecule has 1 heterocycles. The van der Waals surface area contributed by atoms with E-state index in [9.17, 15) is 0 Å². The molecule has 0 radical (unpaired) electrons. The molecule has 1 aliphatic rings. The van der Waals surface area contributed by atoms with E-state index in [0.717, 1.165) is 36.6 Å². The van der Waals surface area contributed by atoms with Crippen molar-refractivity contribution < 1.29 is 9.47 Å². The van der Waals surface area contributed by atoms with Gasteiger partial charge in [-0.2, -0.15) is 0 Å². The molecule has 2 aromatic carbocycles. The molecule has 2 aromatic rings. The second-order valence-corrected chi connectivity index (χ2v) is 4.89. The maximum Gasteiger partial charge on any atom is 0.126 e. The summed E-state index contributed by atoms with van der Waals surface area (Å²) < 4.78 is 11.3. The highest BCUT2D eigenvalue weighted by atomic mass is 16.5. The number of benzene rings is 2. The van der Waals surface area contributed by atoms with E-state index in [1.165, 1.54) is 5.56 Å². The van der Waals surface area contributed by atoms with Crippen LogP contribution in [-0.4, -0.2) is 26.8 Å². The average Bonchev–Trinajstić information content (AvgIpc) is 2.56. The minimum Gasteiger partial charge on any atom is -0.496 e. The fourth-order valence-corrected chi connectivity index (χ4v) is 2.55. The molecule has 1 atom stereocenters. The normalized spacial score (nSPS) is 18.8. The highest BCUT2D eigenvalue weighted by Gasteiger charge is 2.17. The SMILES string of the molecule is COc1ccc(C2CNCCO2)cc1-c1ccccc1. The molecule has 0 amide bonds. The van der Waals surface area contributed by atoms with Crippen LogP contribution in [0.3, 0.4) is 0 Å².